The van der Waals surface area contributed by atoms with Gasteiger partial charge < -0.3 is 10.2 Å². The van der Waals surface area contributed by atoms with E-state index >= 15 is 0 Å². The van der Waals surface area contributed by atoms with Gasteiger partial charge >= 0.3 is 0 Å². The van der Waals surface area contributed by atoms with Gasteiger partial charge in [-0.15, -0.1) is 0 Å². The highest BCUT2D eigenvalue weighted by Crippen LogP contribution is 2.31. The van der Waals surface area contributed by atoms with E-state index in [1.165, 1.54) is 12.6 Å². The lowest BCUT2D eigenvalue weighted by Gasteiger charge is -2.24. The van der Waals surface area contributed by atoms with Crippen LogP contribution in [-0.2, 0) is 0 Å². The largest absolute Gasteiger partial charge is 0.354 e. The topological polar surface area (TPSA) is 41.1 Å². The van der Waals surface area contributed by atoms with E-state index in [9.17, 15) is 4.39 Å². The number of hydrogen-bond donors (Lipinski definition) is 1. The van der Waals surface area contributed by atoms with Crippen LogP contribution in [0, 0.1) is 11.2 Å². The first kappa shape index (κ1) is 15.0. The molecule has 0 aromatic carbocycles. The van der Waals surface area contributed by atoms with E-state index < -0.39 is 0 Å². The van der Waals surface area contributed by atoms with Crippen LogP contribution in [-0.4, -0.2) is 29.6 Å². The minimum Gasteiger partial charge on any atom is -0.354 e. The standard InChI is InChI=1S/C15H25FN4/c1-4-8-17-14-18-11-12(16)13(19-14)20-9-5-6-15(2,3)7-10-20/h11H,4-10H2,1-3H3,(H,17,18,19). The smallest absolute Gasteiger partial charge is 0.224 e. The first-order chi connectivity index (χ1) is 9.52. The molecule has 0 radical (unpaired) electrons. The van der Waals surface area contributed by atoms with Gasteiger partial charge in [0, 0.05) is 19.6 Å². The van der Waals surface area contributed by atoms with Crippen molar-refractivity contribution in [1.29, 1.82) is 0 Å². The van der Waals surface area contributed by atoms with Crippen LogP contribution in [0.5, 0.6) is 0 Å². The third-order valence-electron chi connectivity index (χ3n) is 3.90. The average Bonchev–Trinajstić information content (AvgIpc) is 2.59. The van der Waals surface area contributed by atoms with Crippen LogP contribution in [0.3, 0.4) is 0 Å². The Labute approximate surface area is 120 Å². The summed E-state index contributed by atoms with van der Waals surface area (Å²) in [5, 5.41) is 3.12. The molecule has 1 fully saturated rings. The van der Waals surface area contributed by atoms with Gasteiger partial charge in [-0.2, -0.15) is 4.98 Å². The zero-order valence-electron chi connectivity index (χ0n) is 12.7. The molecule has 0 aliphatic carbocycles. The number of hydrogen-bond acceptors (Lipinski definition) is 4. The van der Waals surface area contributed by atoms with Gasteiger partial charge in [0.15, 0.2) is 11.6 Å². The van der Waals surface area contributed by atoms with Crippen LogP contribution >= 0.6 is 0 Å². The zero-order chi connectivity index (χ0) is 14.6. The molecular weight excluding hydrogens is 255 g/mol. The first-order valence-corrected chi connectivity index (χ1v) is 7.53. The molecule has 0 unspecified atom stereocenters. The molecule has 2 rings (SSSR count). The summed E-state index contributed by atoms with van der Waals surface area (Å²) in [5.41, 5.74) is 0.335. The van der Waals surface area contributed by atoms with E-state index in [1.807, 2.05) is 0 Å². The third-order valence-corrected chi connectivity index (χ3v) is 3.90. The fraction of sp³-hybridized carbons (Fsp3) is 0.733. The van der Waals surface area contributed by atoms with Crippen LogP contribution in [0.1, 0.15) is 46.5 Å². The maximum Gasteiger partial charge on any atom is 0.224 e. The van der Waals surface area contributed by atoms with E-state index in [2.05, 4.69) is 41.0 Å². The number of rotatable bonds is 4. The van der Waals surface area contributed by atoms with E-state index in [4.69, 9.17) is 0 Å². The summed E-state index contributed by atoms with van der Waals surface area (Å²) in [6, 6.07) is 0. The summed E-state index contributed by atoms with van der Waals surface area (Å²) in [5.74, 6) is 0.634. The van der Waals surface area contributed by atoms with Crippen LogP contribution < -0.4 is 10.2 Å². The molecule has 4 nitrogen and oxygen atoms in total. The number of halogens is 1. The highest BCUT2D eigenvalue weighted by molar-refractivity contribution is 5.44. The second-order valence-corrected chi connectivity index (χ2v) is 6.30. The maximum atomic E-state index is 14.0. The summed E-state index contributed by atoms with van der Waals surface area (Å²) in [7, 11) is 0. The third kappa shape index (κ3) is 3.81. The van der Waals surface area contributed by atoms with E-state index in [1.54, 1.807) is 0 Å². The van der Waals surface area contributed by atoms with E-state index in [0.29, 0.717) is 17.2 Å². The SMILES string of the molecule is CCCNc1ncc(F)c(N2CCCC(C)(C)CC2)n1. The molecule has 0 bridgehead atoms. The zero-order valence-corrected chi connectivity index (χ0v) is 12.7. The van der Waals surface area contributed by atoms with Crippen molar-refractivity contribution >= 4 is 11.8 Å². The quantitative estimate of drug-likeness (QED) is 0.917. The van der Waals surface area contributed by atoms with E-state index in [0.717, 1.165) is 38.9 Å². The minimum absolute atomic E-state index is 0.327. The summed E-state index contributed by atoms with van der Waals surface area (Å²) in [4.78, 5) is 10.4. The summed E-state index contributed by atoms with van der Waals surface area (Å²) in [6.45, 7) is 9.16. The van der Waals surface area contributed by atoms with Gasteiger partial charge in [0.1, 0.15) is 0 Å². The molecule has 20 heavy (non-hydrogen) atoms. The Morgan fingerprint density at radius 3 is 2.90 bits per heavy atom. The number of nitrogens with zero attached hydrogens (tertiary/aromatic N) is 3. The Morgan fingerprint density at radius 2 is 2.15 bits per heavy atom. The molecule has 0 amide bonds. The van der Waals surface area contributed by atoms with E-state index in [-0.39, 0.29) is 5.82 Å². The van der Waals surface area contributed by atoms with Crippen LogP contribution in [0.4, 0.5) is 16.2 Å². The molecule has 1 aromatic heterocycles. The van der Waals surface area contributed by atoms with Crippen molar-refractivity contribution in [2.24, 2.45) is 5.41 Å². The second kappa shape index (κ2) is 6.37. The number of nitrogens with one attached hydrogen (secondary N) is 1. The predicted molar refractivity (Wildman–Crippen MR) is 80.6 cm³/mol. The highest BCUT2D eigenvalue weighted by atomic mass is 19.1. The van der Waals surface area contributed by atoms with Crippen LogP contribution in [0.15, 0.2) is 6.20 Å². The lowest BCUT2D eigenvalue weighted by atomic mass is 9.85. The molecule has 5 heteroatoms. The van der Waals surface area contributed by atoms with Crippen molar-refractivity contribution in [2.75, 3.05) is 29.9 Å². The van der Waals surface area contributed by atoms with Gasteiger partial charge in [0.05, 0.1) is 6.20 Å². The number of aromatic nitrogens is 2. The van der Waals surface area contributed by atoms with Crippen LogP contribution in [0.2, 0.25) is 0 Å². The Balaban J connectivity index is 2.14. The fourth-order valence-electron chi connectivity index (χ4n) is 2.54. The van der Waals surface area contributed by atoms with Crippen molar-refractivity contribution in [1.82, 2.24) is 9.97 Å². The van der Waals surface area contributed by atoms with Crippen LogP contribution in [0.25, 0.3) is 0 Å². The molecule has 2 heterocycles. The van der Waals surface area contributed by atoms with Gasteiger partial charge in [-0.1, -0.05) is 20.8 Å². The van der Waals surface area contributed by atoms with Gasteiger partial charge in [0.2, 0.25) is 5.95 Å². The molecule has 1 aliphatic heterocycles. The molecule has 1 aliphatic rings. The molecule has 1 aromatic rings. The first-order valence-electron chi connectivity index (χ1n) is 7.53. The van der Waals surface area contributed by atoms with Gasteiger partial charge in [-0.3, -0.25) is 0 Å². The second-order valence-electron chi connectivity index (χ2n) is 6.30. The van der Waals surface area contributed by atoms with Gasteiger partial charge in [-0.25, -0.2) is 9.37 Å². The summed E-state index contributed by atoms with van der Waals surface area (Å²) >= 11 is 0. The van der Waals surface area contributed by atoms with Crippen molar-refractivity contribution in [3.8, 4) is 0 Å². The van der Waals surface area contributed by atoms with Crippen molar-refractivity contribution < 1.29 is 4.39 Å². The normalized spacial score (nSPS) is 18.7. The van der Waals surface area contributed by atoms with Gasteiger partial charge in [-0.05, 0) is 31.1 Å². The maximum absolute atomic E-state index is 14.0. The number of anilines is 2. The average molecular weight is 280 g/mol. The molecule has 0 atom stereocenters. The summed E-state index contributed by atoms with van der Waals surface area (Å²) in [6.07, 6.45) is 5.59. The van der Waals surface area contributed by atoms with Crippen molar-refractivity contribution in [3.63, 3.8) is 0 Å². The van der Waals surface area contributed by atoms with Gasteiger partial charge in [0.25, 0.3) is 0 Å². The Bertz CT molecular complexity index is 447. The summed E-state index contributed by atoms with van der Waals surface area (Å²) < 4.78 is 14.0. The Kier molecular flexibility index (Phi) is 4.78. The molecule has 1 N–H and O–H groups in total. The molecule has 0 saturated carbocycles. The van der Waals surface area contributed by atoms with Crippen molar-refractivity contribution in [2.45, 2.75) is 46.5 Å². The Hall–Kier alpha value is -1.39. The molecule has 0 spiro atoms. The lowest BCUT2D eigenvalue weighted by Crippen LogP contribution is -2.27. The highest BCUT2D eigenvalue weighted by Gasteiger charge is 2.25. The molecular formula is C15H25FN4. The molecule has 112 valence electrons. The monoisotopic (exact) mass is 280 g/mol. The van der Waals surface area contributed by atoms with Crippen molar-refractivity contribution in [3.05, 3.63) is 12.0 Å². The predicted octanol–water partition coefficient (Wildman–Crippen LogP) is 3.45. The fourth-order valence-corrected chi connectivity index (χ4v) is 2.54. The lowest BCUT2D eigenvalue weighted by molar-refractivity contribution is 0.325. The minimum atomic E-state index is -0.327. The molecule has 1 saturated heterocycles. The Morgan fingerprint density at radius 1 is 1.35 bits per heavy atom.